The van der Waals surface area contributed by atoms with Crippen LogP contribution in [0.25, 0.3) is 0 Å². The van der Waals surface area contributed by atoms with Crippen LogP contribution in [0.1, 0.15) is 5.56 Å². The second-order valence-corrected chi connectivity index (χ2v) is 7.01. The van der Waals surface area contributed by atoms with E-state index in [-0.39, 0.29) is 0 Å². The lowest BCUT2D eigenvalue weighted by atomic mass is 10.2. The van der Waals surface area contributed by atoms with Crippen LogP contribution in [-0.4, -0.2) is 4.55 Å². The molecule has 2 aromatic rings. The lowest BCUT2D eigenvalue weighted by molar-refractivity contribution is 0.609. The Morgan fingerprint density at radius 1 is 1.00 bits per heavy atom. The first-order chi connectivity index (χ1) is 8.15. The highest BCUT2D eigenvalue weighted by Gasteiger charge is 2.13. The Morgan fingerprint density at radius 3 is 2.18 bits per heavy atom. The summed E-state index contributed by atoms with van der Waals surface area (Å²) in [5.41, 5.74) is 1.17. The van der Waals surface area contributed by atoms with Crippen LogP contribution in [-0.2, 0) is 10.2 Å². The molecule has 0 aliphatic rings. The van der Waals surface area contributed by atoms with Crippen LogP contribution < -0.4 is 0 Å². The molecule has 0 saturated carbocycles. The molecule has 1 atom stereocenters. The zero-order chi connectivity index (χ0) is 12.3. The van der Waals surface area contributed by atoms with Crippen molar-refractivity contribution >= 4 is 32.6 Å². The quantitative estimate of drug-likeness (QED) is 0.613. The van der Waals surface area contributed by atoms with Crippen LogP contribution >= 0.6 is 22.4 Å². The Morgan fingerprint density at radius 2 is 1.59 bits per heavy atom. The summed E-state index contributed by atoms with van der Waals surface area (Å²) in [6, 6.07) is 15.1. The van der Waals surface area contributed by atoms with Gasteiger partial charge in [0.25, 0.3) is 0 Å². The van der Waals surface area contributed by atoms with Crippen LogP contribution in [0, 0.1) is 6.92 Å². The zero-order valence-corrected chi connectivity index (χ0v) is 11.6. The topological polar surface area (TPSA) is 23.1 Å². The van der Waals surface area contributed by atoms with Gasteiger partial charge in [0.2, 0.25) is 0 Å². The van der Waals surface area contributed by atoms with Gasteiger partial charge in [-0.05, 0) is 43.3 Å². The van der Waals surface area contributed by atoms with Gasteiger partial charge in [-0.15, -0.1) is 0 Å². The first-order valence-electron chi connectivity index (χ1n) is 5.07. The normalized spacial score (nSPS) is 12.4. The van der Waals surface area contributed by atoms with Crippen molar-refractivity contribution < 1.29 is 4.55 Å². The smallest absolute Gasteiger partial charge is 0.166 e. The molecule has 0 aliphatic carbocycles. The Labute approximate surface area is 113 Å². The average Bonchev–Trinajstić information content (AvgIpc) is 2.33. The standard InChI is InChI=1S/C13H11ClOS2/c1-10-2-8-13(9-3-10)17(15)16-12-6-4-11(14)5-7-12/h2-9H,1H3. The molecule has 1 unspecified atom stereocenters. The summed E-state index contributed by atoms with van der Waals surface area (Å²) < 4.78 is 12.1. The molecule has 0 N–H and O–H groups in total. The lowest BCUT2D eigenvalue weighted by Crippen LogP contribution is -1.94. The Bertz CT molecular complexity index is 482. The highest BCUT2D eigenvalue weighted by Crippen LogP contribution is 2.31. The van der Waals surface area contributed by atoms with Crippen molar-refractivity contribution in [2.24, 2.45) is 0 Å². The van der Waals surface area contributed by atoms with Crippen molar-refractivity contribution in [1.82, 2.24) is 0 Å². The minimum atomic E-state index is -1.08. The molecule has 0 saturated heterocycles. The van der Waals surface area contributed by atoms with Crippen molar-refractivity contribution in [3.63, 3.8) is 0 Å². The highest BCUT2D eigenvalue weighted by molar-refractivity contribution is 8.72. The minimum absolute atomic E-state index is 0.690. The van der Waals surface area contributed by atoms with E-state index in [1.165, 1.54) is 16.4 Å². The van der Waals surface area contributed by atoms with Crippen LogP contribution in [0.15, 0.2) is 58.3 Å². The largest absolute Gasteiger partial charge is 0.600 e. The molecule has 0 heterocycles. The molecule has 0 radical (unpaired) electrons. The van der Waals surface area contributed by atoms with Crippen LogP contribution in [0.5, 0.6) is 0 Å². The van der Waals surface area contributed by atoms with E-state index in [9.17, 15) is 4.55 Å². The molecular formula is C13H11ClOS2. The van der Waals surface area contributed by atoms with Gasteiger partial charge in [0.15, 0.2) is 4.90 Å². The first kappa shape index (κ1) is 12.8. The third-order valence-electron chi connectivity index (χ3n) is 2.20. The second kappa shape index (κ2) is 5.83. The molecule has 2 aromatic carbocycles. The number of halogens is 1. The Kier molecular flexibility index (Phi) is 4.40. The summed E-state index contributed by atoms with van der Waals surface area (Å²) >= 11 is 5.80. The van der Waals surface area contributed by atoms with Gasteiger partial charge in [-0.2, -0.15) is 0 Å². The monoisotopic (exact) mass is 282 g/mol. The predicted octanol–water partition coefficient (Wildman–Crippen LogP) is 4.46. The van der Waals surface area contributed by atoms with Gasteiger partial charge in [-0.25, -0.2) is 0 Å². The molecule has 0 amide bonds. The van der Waals surface area contributed by atoms with E-state index in [1.807, 2.05) is 43.3 Å². The van der Waals surface area contributed by atoms with Gasteiger partial charge < -0.3 is 4.55 Å². The average molecular weight is 283 g/mol. The highest BCUT2D eigenvalue weighted by atomic mass is 35.5. The van der Waals surface area contributed by atoms with E-state index < -0.39 is 10.2 Å². The molecule has 1 nitrogen and oxygen atoms in total. The van der Waals surface area contributed by atoms with Gasteiger partial charge in [-0.1, -0.05) is 29.3 Å². The lowest BCUT2D eigenvalue weighted by Gasteiger charge is -2.07. The SMILES string of the molecule is Cc1ccc([S+]([O-])Sc2ccc(Cl)cc2)cc1. The van der Waals surface area contributed by atoms with Crippen LogP contribution in [0.3, 0.4) is 0 Å². The van der Waals surface area contributed by atoms with Gasteiger partial charge >= 0.3 is 0 Å². The van der Waals surface area contributed by atoms with Crippen molar-refractivity contribution in [2.45, 2.75) is 16.7 Å². The fourth-order valence-corrected chi connectivity index (χ4v) is 3.76. The van der Waals surface area contributed by atoms with Crippen LogP contribution in [0.2, 0.25) is 5.02 Å². The van der Waals surface area contributed by atoms with E-state index >= 15 is 0 Å². The first-order valence-corrected chi connectivity index (χ1v) is 7.93. The zero-order valence-electron chi connectivity index (χ0n) is 9.22. The molecule has 0 spiro atoms. The number of hydrogen-bond donors (Lipinski definition) is 0. The van der Waals surface area contributed by atoms with E-state index in [0.717, 1.165) is 9.79 Å². The molecule has 2 rings (SSSR count). The Balaban J connectivity index is 2.08. The van der Waals surface area contributed by atoms with Gasteiger partial charge in [0, 0.05) is 5.02 Å². The predicted molar refractivity (Wildman–Crippen MR) is 74.9 cm³/mol. The summed E-state index contributed by atoms with van der Waals surface area (Å²) in [6.45, 7) is 2.01. The fourth-order valence-electron chi connectivity index (χ4n) is 1.28. The van der Waals surface area contributed by atoms with Gasteiger partial charge in [0.1, 0.15) is 10.8 Å². The molecule has 0 bridgehead atoms. The maximum atomic E-state index is 12.1. The number of rotatable bonds is 3. The molecule has 0 aromatic heterocycles. The summed E-state index contributed by atoms with van der Waals surface area (Å²) in [4.78, 5) is 1.78. The molecule has 17 heavy (non-hydrogen) atoms. The van der Waals surface area contributed by atoms with E-state index in [4.69, 9.17) is 11.6 Å². The fraction of sp³-hybridized carbons (Fsp3) is 0.0769. The summed E-state index contributed by atoms with van der Waals surface area (Å²) in [7, 11) is 0.249. The molecule has 0 fully saturated rings. The Hall–Kier alpha value is -0.610. The maximum absolute atomic E-state index is 12.1. The molecule has 4 heteroatoms. The molecular weight excluding hydrogens is 272 g/mol. The van der Waals surface area contributed by atoms with E-state index in [1.54, 1.807) is 12.1 Å². The summed E-state index contributed by atoms with van der Waals surface area (Å²) in [5, 5.41) is 0.690. The van der Waals surface area contributed by atoms with Gasteiger partial charge in [0.05, 0.1) is 15.1 Å². The van der Waals surface area contributed by atoms with Crippen molar-refractivity contribution in [2.75, 3.05) is 0 Å². The van der Waals surface area contributed by atoms with Crippen molar-refractivity contribution in [3.8, 4) is 0 Å². The maximum Gasteiger partial charge on any atom is 0.166 e. The minimum Gasteiger partial charge on any atom is -0.600 e. The second-order valence-electron chi connectivity index (χ2n) is 3.59. The number of benzene rings is 2. The summed E-state index contributed by atoms with van der Waals surface area (Å²) in [5.74, 6) is 0. The third-order valence-corrected chi connectivity index (χ3v) is 5.33. The van der Waals surface area contributed by atoms with Gasteiger partial charge in [-0.3, -0.25) is 0 Å². The molecule has 88 valence electrons. The molecule has 0 aliphatic heterocycles. The van der Waals surface area contributed by atoms with Crippen molar-refractivity contribution in [3.05, 3.63) is 59.1 Å². The van der Waals surface area contributed by atoms with E-state index in [2.05, 4.69) is 0 Å². The van der Waals surface area contributed by atoms with E-state index in [0.29, 0.717) is 5.02 Å². The summed E-state index contributed by atoms with van der Waals surface area (Å²) in [6.07, 6.45) is 0. The third kappa shape index (κ3) is 3.68. The van der Waals surface area contributed by atoms with Crippen molar-refractivity contribution in [1.29, 1.82) is 0 Å². The number of aryl methyl sites for hydroxylation is 1. The van der Waals surface area contributed by atoms with Crippen LogP contribution in [0.4, 0.5) is 0 Å². The number of hydrogen-bond acceptors (Lipinski definition) is 2.